The van der Waals surface area contributed by atoms with Crippen molar-refractivity contribution in [2.24, 2.45) is 0 Å². The molecular formula is C22H13N3. The van der Waals surface area contributed by atoms with Crippen LogP contribution in [0.25, 0.3) is 48.9 Å². The maximum absolute atomic E-state index is 4.62. The van der Waals surface area contributed by atoms with Crippen molar-refractivity contribution in [3.8, 4) is 0 Å². The van der Waals surface area contributed by atoms with Crippen LogP contribution in [0.3, 0.4) is 0 Å². The van der Waals surface area contributed by atoms with Crippen LogP contribution in [0.1, 0.15) is 0 Å². The highest BCUT2D eigenvalue weighted by atomic mass is 15.0. The van der Waals surface area contributed by atoms with E-state index in [0.29, 0.717) is 0 Å². The molecule has 0 atom stereocenters. The summed E-state index contributed by atoms with van der Waals surface area (Å²) in [6.07, 6.45) is 5.60. The Kier molecular flexibility index (Phi) is 2.35. The second kappa shape index (κ2) is 4.54. The summed E-state index contributed by atoms with van der Waals surface area (Å²) in [5.74, 6) is 0. The van der Waals surface area contributed by atoms with Gasteiger partial charge in [0.1, 0.15) is 12.0 Å². The van der Waals surface area contributed by atoms with Crippen LogP contribution in [0.4, 0.5) is 0 Å². The van der Waals surface area contributed by atoms with Crippen molar-refractivity contribution in [2.45, 2.75) is 0 Å². The molecular weight excluding hydrogens is 306 g/mol. The second-order valence-electron chi connectivity index (χ2n) is 6.39. The Bertz CT molecular complexity index is 1440. The highest BCUT2D eigenvalue weighted by Crippen LogP contribution is 2.36. The van der Waals surface area contributed by atoms with E-state index in [1.165, 1.54) is 32.3 Å². The van der Waals surface area contributed by atoms with Crippen LogP contribution in [0.2, 0.25) is 0 Å². The van der Waals surface area contributed by atoms with Crippen LogP contribution < -0.4 is 0 Å². The molecule has 6 rings (SSSR count). The van der Waals surface area contributed by atoms with E-state index in [-0.39, 0.29) is 0 Å². The fourth-order valence-corrected chi connectivity index (χ4v) is 4.04. The van der Waals surface area contributed by atoms with Crippen molar-refractivity contribution in [1.29, 1.82) is 0 Å². The van der Waals surface area contributed by atoms with E-state index in [4.69, 9.17) is 0 Å². The van der Waals surface area contributed by atoms with Gasteiger partial charge in [0, 0.05) is 22.4 Å². The largest absolute Gasteiger partial charge is 0.282 e. The third kappa shape index (κ3) is 1.59. The Morgan fingerprint density at radius 1 is 0.680 bits per heavy atom. The van der Waals surface area contributed by atoms with Crippen molar-refractivity contribution in [2.75, 3.05) is 0 Å². The first-order chi connectivity index (χ1) is 12.4. The van der Waals surface area contributed by atoms with E-state index < -0.39 is 0 Å². The molecule has 0 radical (unpaired) electrons. The van der Waals surface area contributed by atoms with E-state index in [1.54, 1.807) is 0 Å². The summed E-state index contributed by atoms with van der Waals surface area (Å²) in [5, 5.41) is 8.70. The van der Waals surface area contributed by atoms with E-state index in [0.717, 1.165) is 16.6 Å². The molecule has 0 saturated carbocycles. The van der Waals surface area contributed by atoms with Gasteiger partial charge in [0.25, 0.3) is 0 Å². The average Bonchev–Trinajstić information content (AvgIpc) is 3.17. The Balaban J connectivity index is 2.00. The Morgan fingerprint density at radius 2 is 1.52 bits per heavy atom. The van der Waals surface area contributed by atoms with Gasteiger partial charge in [-0.3, -0.25) is 4.40 Å². The first kappa shape index (κ1) is 12.9. The number of benzene rings is 3. The summed E-state index contributed by atoms with van der Waals surface area (Å²) in [7, 11) is 0. The summed E-state index contributed by atoms with van der Waals surface area (Å²) in [4.78, 5) is 8.98. The molecule has 6 aromatic rings. The molecule has 3 aromatic carbocycles. The minimum atomic E-state index is 0.947. The van der Waals surface area contributed by atoms with Crippen LogP contribution in [0.5, 0.6) is 0 Å². The third-order valence-electron chi connectivity index (χ3n) is 5.12. The molecule has 0 saturated heterocycles. The maximum atomic E-state index is 4.62. The molecule has 0 amide bonds. The van der Waals surface area contributed by atoms with E-state index >= 15 is 0 Å². The van der Waals surface area contributed by atoms with Crippen molar-refractivity contribution in [3.05, 3.63) is 79.4 Å². The van der Waals surface area contributed by atoms with Gasteiger partial charge in [-0.25, -0.2) is 9.97 Å². The van der Waals surface area contributed by atoms with Gasteiger partial charge in [-0.1, -0.05) is 48.5 Å². The van der Waals surface area contributed by atoms with E-state index in [1.807, 2.05) is 24.8 Å². The average molecular weight is 319 g/mol. The predicted octanol–water partition coefficient (Wildman–Crippen LogP) is 5.34. The highest BCUT2D eigenvalue weighted by Gasteiger charge is 2.13. The van der Waals surface area contributed by atoms with Crippen LogP contribution in [-0.2, 0) is 0 Å². The Morgan fingerprint density at radius 3 is 2.52 bits per heavy atom. The van der Waals surface area contributed by atoms with Gasteiger partial charge in [0.15, 0.2) is 0 Å². The topological polar surface area (TPSA) is 30.2 Å². The van der Waals surface area contributed by atoms with Gasteiger partial charge < -0.3 is 0 Å². The fraction of sp³-hybridized carbons (Fsp3) is 0. The number of fused-ring (bicyclic) bond motifs is 10. The summed E-state index contributed by atoms with van der Waals surface area (Å²) in [5.41, 5.74) is 2.04. The number of nitrogens with zero attached hydrogens (tertiary/aromatic N) is 3. The molecule has 0 aliphatic heterocycles. The standard InChI is InChI=1S/C22H13N3/c1-2-5-15-14(4-1)7-8-17-16(15)9-10-18-20-12-23-13-25(20)22-19(21(17)18)6-3-11-24-22/h1-13H. The quantitative estimate of drug-likeness (QED) is 0.354. The van der Waals surface area contributed by atoms with Gasteiger partial charge in [0.2, 0.25) is 0 Å². The molecule has 0 aliphatic carbocycles. The molecule has 0 bridgehead atoms. The van der Waals surface area contributed by atoms with E-state index in [2.05, 4.69) is 69.0 Å². The Hall–Kier alpha value is -3.46. The molecule has 0 aliphatic rings. The lowest BCUT2D eigenvalue weighted by molar-refractivity contribution is 1.17. The first-order valence-corrected chi connectivity index (χ1v) is 8.35. The molecule has 3 aromatic heterocycles. The predicted molar refractivity (Wildman–Crippen MR) is 103 cm³/mol. The molecule has 3 heteroatoms. The molecule has 116 valence electrons. The number of imidazole rings is 1. The van der Waals surface area contributed by atoms with Gasteiger partial charge in [-0.15, -0.1) is 0 Å². The van der Waals surface area contributed by atoms with Crippen molar-refractivity contribution in [1.82, 2.24) is 14.4 Å². The first-order valence-electron chi connectivity index (χ1n) is 8.35. The lowest BCUT2D eigenvalue weighted by atomic mass is 9.95. The van der Waals surface area contributed by atoms with Crippen LogP contribution >= 0.6 is 0 Å². The zero-order valence-electron chi connectivity index (χ0n) is 13.3. The number of pyridine rings is 2. The number of hydrogen-bond donors (Lipinski definition) is 0. The van der Waals surface area contributed by atoms with Crippen LogP contribution in [-0.4, -0.2) is 14.4 Å². The summed E-state index contributed by atoms with van der Waals surface area (Å²) >= 11 is 0. The number of rotatable bonds is 0. The van der Waals surface area contributed by atoms with Crippen molar-refractivity contribution < 1.29 is 0 Å². The van der Waals surface area contributed by atoms with Crippen LogP contribution in [0, 0.1) is 0 Å². The molecule has 3 nitrogen and oxygen atoms in total. The van der Waals surface area contributed by atoms with Crippen molar-refractivity contribution >= 4 is 48.9 Å². The maximum Gasteiger partial charge on any atom is 0.146 e. The van der Waals surface area contributed by atoms with Gasteiger partial charge in [-0.05, 0) is 33.7 Å². The second-order valence-corrected chi connectivity index (χ2v) is 6.39. The minimum absolute atomic E-state index is 0.947. The fourth-order valence-electron chi connectivity index (χ4n) is 4.04. The lowest BCUT2D eigenvalue weighted by Gasteiger charge is -2.12. The van der Waals surface area contributed by atoms with Gasteiger partial charge >= 0.3 is 0 Å². The molecule has 0 N–H and O–H groups in total. The highest BCUT2D eigenvalue weighted by molar-refractivity contribution is 6.26. The normalized spacial score (nSPS) is 12.0. The summed E-state index contributed by atoms with van der Waals surface area (Å²) < 4.78 is 2.07. The summed E-state index contributed by atoms with van der Waals surface area (Å²) in [6, 6.07) is 21.6. The Labute approximate surface area is 143 Å². The molecule has 3 heterocycles. The van der Waals surface area contributed by atoms with Gasteiger partial charge in [-0.2, -0.15) is 0 Å². The lowest BCUT2D eigenvalue weighted by Crippen LogP contribution is -1.92. The SMILES string of the molecule is c1ccc2c(c1)ccc1c2ccc2c1c1cccnc1n1cncc21. The minimum Gasteiger partial charge on any atom is -0.282 e. The van der Waals surface area contributed by atoms with E-state index in [9.17, 15) is 0 Å². The number of aromatic nitrogens is 3. The van der Waals surface area contributed by atoms with Crippen molar-refractivity contribution in [3.63, 3.8) is 0 Å². The zero-order valence-corrected chi connectivity index (χ0v) is 13.3. The zero-order chi connectivity index (χ0) is 16.4. The summed E-state index contributed by atoms with van der Waals surface area (Å²) in [6.45, 7) is 0. The van der Waals surface area contributed by atoms with Gasteiger partial charge in [0.05, 0.1) is 11.7 Å². The molecule has 0 fully saturated rings. The third-order valence-corrected chi connectivity index (χ3v) is 5.12. The monoisotopic (exact) mass is 319 g/mol. The van der Waals surface area contributed by atoms with Crippen LogP contribution in [0.15, 0.2) is 79.4 Å². The molecule has 25 heavy (non-hydrogen) atoms. The smallest absolute Gasteiger partial charge is 0.146 e. The molecule has 0 spiro atoms. The number of hydrogen-bond acceptors (Lipinski definition) is 2. The molecule has 0 unspecified atom stereocenters.